The average molecular weight is 276 g/mol. The molecule has 0 saturated heterocycles. The Kier molecular flexibility index (Phi) is 4.33. The van der Waals surface area contributed by atoms with Crippen molar-refractivity contribution < 1.29 is 9.53 Å². The van der Waals surface area contributed by atoms with Gasteiger partial charge in [-0.3, -0.25) is 4.79 Å². The number of hydrogen-bond acceptors (Lipinski definition) is 3. The van der Waals surface area contributed by atoms with Crippen molar-refractivity contribution >= 4 is 5.91 Å². The Morgan fingerprint density at radius 2 is 2.20 bits per heavy atom. The summed E-state index contributed by atoms with van der Waals surface area (Å²) >= 11 is 0. The smallest absolute Gasteiger partial charge is 0.217 e. The number of amides is 1. The van der Waals surface area contributed by atoms with Crippen molar-refractivity contribution in [2.45, 2.75) is 45.6 Å². The van der Waals surface area contributed by atoms with Crippen LogP contribution in [-0.2, 0) is 11.2 Å². The Balaban J connectivity index is 2.09. The molecule has 1 aliphatic rings. The van der Waals surface area contributed by atoms with Crippen molar-refractivity contribution in [1.82, 2.24) is 0 Å². The number of carbonyl (C=O) groups excluding carboxylic acids is 1. The van der Waals surface area contributed by atoms with Gasteiger partial charge in [0.2, 0.25) is 5.91 Å². The van der Waals surface area contributed by atoms with Crippen LogP contribution in [0.1, 0.15) is 50.3 Å². The number of rotatable bonds is 5. The third-order valence-electron chi connectivity index (χ3n) is 3.79. The third kappa shape index (κ3) is 3.73. The highest BCUT2D eigenvalue weighted by atomic mass is 16.5. The summed E-state index contributed by atoms with van der Waals surface area (Å²) in [6.07, 6.45) is 3.18. The van der Waals surface area contributed by atoms with E-state index in [-0.39, 0.29) is 17.4 Å². The summed E-state index contributed by atoms with van der Waals surface area (Å²) in [5.41, 5.74) is 13.7. The second-order valence-electron chi connectivity index (χ2n) is 6.44. The van der Waals surface area contributed by atoms with Gasteiger partial charge in [-0.05, 0) is 41.9 Å². The first-order chi connectivity index (χ1) is 9.37. The molecule has 0 spiro atoms. The normalized spacial score (nSPS) is 16.1. The van der Waals surface area contributed by atoms with Gasteiger partial charge in [0.25, 0.3) is 0 Å². The van der Waals surface area contributed by atoms with E-state index >= 15 is 0 Å². The van der Waals surface area contributed by atoms with Crippen LogP contribution in [0.15, 0.2) is 18.2 Å². The Morgan fingerprint density at radius 3 is 2.90 bits per heavy atom. The Hall–Kier alpha value is -1.55. The molecule has 1 atom stereocenters. The Labute approximate surface area is 120 Å². The zero-order chi connectivity index (χ0) is 14.8. The number of hydrogen-bond donors (Lipinski definition) is 2. The summed E-state index contributed by atoms with van der Waals surface area (Å²) in [6.45, 7) is 4.85. The molecule has 2 rings (SSSR count). The third-order valence-corrected chi connectivity index (χ3v) is 3.79. The van der Waals surface area contributed by atoms with Crippen LogP contribution in [0, 0.1) is 5.41 Å². The van der Waals surface area contributed by atoms with Crippen LogP contribution in [-0.4, -0.2) is 12.5 Å². The van der Waals surface area contributed by atoms with Gasteiger partial charge in [0, 0.05) is 12.5 Å². The first kappa shape index (κ1) is 14.9. The van der Waals surface area contributed by atoms with Crippen molar-refractivity contribution in [3.8, 4) is 5.75 Å². The van der Waals surface area contributed by atoms with Gasteiger partial charge >= 0.3 is 0 Å². The minimum atomic E-state index is -0.277. The fraction of sp³-hybridized carbons (Fsp3) is 0.562. The molecule has 4 nitrogen and oxygen atoms in total. The number of fused-ring (bicyclic) bond motifs is 1. The lowest BCUT2D eigenvalue weighted by Gasteiger charge is -2.27. The topological polar surface area (TPSA) is 78.3 Å². The quantitative estimate of drug-likeness (QED) is 0.866. The maximum atomic E-state index is 11.1. The summed E-state index contributed by atoms with van der Waals surface area (Å²) in [7, 11) is 0. The molecule has 0 bridgehead atoms. The molecule has 4 heteroatoms. The summed E-state index contributed by atoms with van der Waals surface area (Å²) in [6, 6.07) is 6.08. The number of benzene rings is 1. The highest BCUT2D eigenvalue weighted by molar-refractivity contribution is 5.74. The highest BCUT2D eigenvalue weighted by Gasteiger charge is 2.25. The summed E-state index contributed by atoms with van der Waals surface area (Å²) in [5.74, 6) is 0.699. The van der Waals surface area contributed by atoms with E-state index in [1.165, 1.54) is 5.56 Å². The minimum Gasteiger partial charge on any atom is -0.493 e. The fourth-order valence-electron chi connectivity index (χ4n) is 2.87. The van der Waals surface area contributed by atoms with Crippen LogP contribution in [0.3, 0.4) is 0 Å². The van der Waals surface area contributed by atoms with Crippen LogP contribution >= 0.6 is 0 Å². The van der Waals surface area contributed by atoms with E-state index in [1.54, 1.807) is 0 Å². The van der Waals surface area contributed by atoms with Crippen molar-refractivity contribution in [3.05, 3.63) is 29.3 Å². The van der Waals surface area contributed by atoms with E-state index in [9.17, 15) is 4.79 Å². The van der Waals surface area contributed by atoms with Crippen molar-refractivity contribution in [3.63, 3.8) is 0 Å². The number of carbonyl (C=O) groups is 1. The molecule has 1 unspecified atom stereocenters. The van der Waals surface area contributed by atoms with Crippen LogP contribution in [0.25, 0.3) is 0 Å². The van der Waals surface area contributed by atoms with Crippen molar-refractivity contribution in [2.75, 3.05) is 6.61 Å². The zero-order valence-corrected chi connectivity index (χ0v) is 12.3. The van der Waals surface area contributed by atoms with Crippen molar-refractivity contribution in [1.29, 1.82) is 0 Å². The largest absolute Gasteiger partial charge is 0.493 e. The Morgan fingerprint density at radius 1 is 1.45 bits per heavy atom. The number of aryl methyl sites for hydroxylation is 1. The van der Waals surface area contributed by atoms with Crippen LogP contribution in [0.2, 0.25) is 0 Å². The molecule has 1 aromatic carbocycles. The lowest BCUT2D eigenvalue weighted by Crippen LogP contribution is -2.27. The molecule has 110 valence electrons. The zero-order valence-electron chi connectivity index (χ0n) is 12.3. The van der Waals surface area contributed by atoms with Gasteiger partial charge in [0.1, 0.15) is 5.75 Å². The molecular formula is C16H24N2O2. The average Bonchev–Trinajstić information content (AvgIpc) is 2.36. The van der Waals surface area contributed by atoms with Crippen LogP contribution in [0.5, 0.6) is 5.75 Å². The maximum Gasteiger partial charge on any atom is 0.217 e. The van der Waals surface area contributed by atoms with E-state index in [4.69, 9.17) is 16.2 Å². The lowest BCUT2D eigenvalue weighted by molar-refractivity contribution is -0.120. The van der Waals surface area contributed by atoms with E-state index < -0.39 is 0 Å². The molecule has 4 N–H and O–H groups in total. The van der Waals surface area contributed by atoms with Crippen LogP contribution < -0.4 is 16.2 Å². The lowest BCUT2D eigenvalue weighted by atomic mass is 9.80. The molecule has 0 aliphatic carbocycles. The van der Waals surface area contributed by atoms with E-state index in [0.29, 0.717) is 6.42 Å². The van der Waals surface area contributed by atoms with Gasteiger partial charge in [0.15, 0.2) is 0 Å². The molecular weight excluding hydrogens is 252 g/mol. The second kappa shape index (κ2) is 5.83. The predicted octanol–water partition coefficient (Wildman–Crippen LogP) is 2.30. The van der Waals surface area contributed by atoms with Gasteiger partial charge in [0.05, 0.1) is 6.61 Å². The second-order valence-corrected chi connectivity index (χ2v) is 6.44. The van der Waals surface area contributed by atoms with Gasteiger partial charge in [-0.15, -0.1) is 0 Å². The number of nitrogens with two attached hydrogens (primary N) is 2. The van der Waals surface area contributed by atoms with Crippen LogP contribution in [0.4, 0.5) is 0 Å². The first-order valence-electron chi connectivity index (χ1n) is 7.17. The van der Waals surface area contributed by atoms with E-state index in [2.05, 4.69) is 6.07 Å². The van der Waals surface area contributed by atoms with E-state index in [0.717, 1.165) is 37.2 Å². The minimum absolute atomic E-state index is 0.0865. The summed E-state index contributed by atoms with van der Waals surface area (Å²) in [4.78, 5) is 11.1. The molecule has 1 aromatic rings. The number of primary amides is 1. The molecule has 0 radical (unpaired) electrons. The molecule has 0 saturated carbocycles. The fourth-order valence-corrected chi connectivity index (χ4v) is 2.87. The van der Waals surface area contributed by atoms with Gasteiger partial charge in [-0.25, -0.2) is 0 Å². The predicted molar refractivity (Wildman–Crippen MR) is 79.4 cm³/mol. The summed E-state index contributed by atoms with van der Waals surface area (Å²) < 4.78 is 5.61. The molecule has 1 aliphatic heterocycles. The monoisotopic (exact) mass is 276 g/mol. The van der Waals surface area contributed by atoms with Gasteiger partial charge < -0.3 is 16.2 Å². The maximum absolute atomic E-state index is 11.1. The highest BCUT2D eigenvalue weighted by Crippen LogP contribution is 2.34. The molecule has 0 aromatic heterocycles. The summed E-state index contributed by atoms with van der Waals surface area (Å²) in [5, 5.41) is 0. The first-order valence-corrected chi connectivity index (χ1v) is 7.17. The molecule has 1 heterocycles. The number of ether oxygens (including phenoxy) is 1. The van der Waals surface area contributed by atoms with Crippen molar-refractivity contribution in [2.24, 2.45) is 16.9 Å². The Bertz CT molecular complexity index is 497. The SMILES string of the molecule is CC(C)(CC(N)=O)CC(N)c1ccc2c(c1)CCCO2. The molecule has 0 fully saturated rings. The standard InChI is InChI=1S/C16H24N2O2/c1-16(2,10-15(18)19)9-13(17)11-5-6-14-12(8-11)4-3-7-20-14/h5-6,8,13H,3-4,7,9-10,17H2,1-2H3,(H2,18,19). The van der Waals surface area contributed by atoms with Gasteiger partial charge in [-0.1, -0.05) is 26.0 Å². The van der Waals surface area contributed by atoms with E-state index in [1.807, 2.05) is 26.0 Å². The molecule has 20 heavy (non-hydrogen) atoms. The van der Waals surface area contributed by atoms with Gasteiger partial charge in [-0.2, -0.15) is 0 Å². The molecule has 1 amide bonds.